The van der Waals surface area contributed by atoms with E-state index < -0.39 is 0 Å². The first kappa shape index (κ1) is 26.1. The lowest BCUT2D eigenvalue weighted by molar-refractivity contribution is -0.115. The molecule has 2 aliphatic heterocycles. The van der Waals surface area contributed by atoms with Crippen molar-refractivity contribution in [3.63, 3.8) is 0 Å². The molecule has 0 aliphatic carbocycles. The number of piperidine rings is 1. The number of nitrogens with zero attached hydrogens (tertiary/aromatic N) is 5. The molecule has 0 unspecified atom stereocenters. The number of carbonyl (C=O) groups excluding carboxylic acids is 2. The second-order valence-corrected chi connectivity index (χ2v) is 11.1. The van der Waals surface area contributed by atoms with E-state index in [0.717, 1.165) is 72.1 Å². The Hall–Kier alpha value is -4.15. The summed E-state index contributed by atoms with van der Waals surface area (Å²) in [5, 5.41) is 6.64. The summed E-state index contributed by atoms with van der Waals surface area (Å²) in [6.45, 7) is 5.47. The highest BCUT2D eigenvalue weighted by molar-refractivity contribution is 8.18. The Morgan fingerprint density at radius 1 is 1.05 bits per heavy atom. The minimum Gasteiger partial charge on any atom is -0.341 e. The molecule has 0 atom stereocenters. The second kappa shape index (κ2) is 11.5. The van der Waals surface area contributed by atoms with Gasteiger partial charge in [-0.2, -0.15) is 0 Å². The first-order chi connectivity index (χ1) is 19.5. The van der Waals surface area contributed by atoms with E-state index in [1.54, 1.807) is 18.3 Å². The number of imide groups is 1. The van der Waals surface area contributed by atoms with Crippen molar-refractivity contribution in [3.8, 4) is 11.3 Å². The standard InChI is InChI=1S/C30H29N7O2S/c1-19-14-22(34-26(15-19)24-7-11-32-25-5-3-2-4-23(24)25)18-31-17-20-8-12-37(13-9-20)29-33-10-6-21(35-29)16-27-28(38)36-30(39)40-27/h2-7,10-11,14-16,20,31H,8-9,12-13,17-18H2,1H3,(H,36,38,39)/b27-16-. The zero-order valence-electron chi connectivity index (χ0n) is 22.1. The van der Waals surface area contributed by atoms with Crippen LogP contribution in [0.3, 0.4) is 0 Å². The fourth-order valence-corrected chi connectivity index (χ4v) is 5.85. The van der Waals surface area contributed by atoms with Crippen LogP contribution in [0.1, 0.15) is 29.8 Å². The van der Waals surface area contributed by atoms with Gasteiger partial charge in [0.2, 0.25) is 5.95 Å². The summed E-state index contributed by atoms with van der Waals surface area (Å²) in [4.78, 5) is 44.3. The van der Waals surface area contributed by atoms with Crippen LogP contribution >= 0.6 is 11.8 Å². The molecule has 3 aromatic heterocycles. The third kappa shape index (κ3) is 5.88. The van der Waals surface area contributed by atoms with E-state index in [9.17, 15) is 9.59 Å². The average Bonchev–Trinajstić information content (AvgIpc) is 3.28. The van der Waals surface area contributed by atoms with Gasteiger partial charge in [0, 0.05) is 43.0 Å². The Morgan fingerprint density at radius 3 is 2.70 bits per heavy atom. The predicted molar refractivity (Wildman–Crippen MR) is 157 cm³/mol. The van der Waals surface area contributed by atoms with Gasteiger partial charge in [0.05, 0.1) is 27.5 Å². The Balaban J connectivity index is 1.04. The maximum Gasteiger partial charge on any atom is 0.290 e. The van der Waals surface area contributed by atoms with Gasteiger partial charge in [-0.1, -0.05) is 18.2 Å². The monoisotopic (exact) mass is 551 g/mol. The number of rotatable bonds is 7. The summed E-state index contributed by atoms with van der Waals surface area (Å²) in [5.74, 6) is 0.821. The number of nitrogens with one attached hydrogen (secondary N) is 2. The van der Waals surface area contributed by atoms with E-state index in [0.29, 0.717) is 29.0 Å². The van der Waals surface area contributed by atoms with Crippen molar-refractivity contribution in [1.82, 2.24) is 30.6 Å². The maximum atomic E-state index is 11.8. The zero-order valence-corrected chi connectivity index (χ0v) is 22.9. The summed E-state index contributed by atoms with van der Waals surface area (Å²) in [6.07, 6.45) is 7.24. The van der Waals surface area contributed by atoms with Gasteiger partial charge in [-0.05, 0) is 86.0 Å². The third-order valence-corrected chi connectivity index (χ3v) is 7.98. The van der Waals surface area contributed by atoms with Crippen molar-refractivity contribution in [3.05, 3.63) is 82.8 Å². The quantitative estimate of drug-likeness (QED) is 0.315. The average molecular weight is 552 g/mol. The van der Waals surface area contributed by atoms with Crippen LogP contribution < -0.4 is 15.5 Å². The molecule has 2 N–H and O–H groups in total. The van der Waals surface area contributed by atoms with Crippen molar-refractivity contribution in [2.75, 3.05) is 24.5 Å². The molecule has 6 rings (SSSR count). The fourth-order valence-electron chi connectivity index (χ4n) is 5.18. The molecule has 0 bridgehead atoms. The molecular formula is C30H29N7O2S. The number of pyridine rings is 2. The van der Waals surface area contributed by atoms with Gasteiger partial charge >= 0.3 is 0 Å². The molecule has 0 saturated carbocycles. The number of amides is 2. The van der Waals surface area contributed by atoms with Gasteiger partial charge in [0.15, 0.2) is 0 Å². The molecule has 2 aliphatic rings. The second-order valence-electron chi connectivity index (χ2n) is 10.1. The number of hydrogen-bond donors (Lipinski definition) is 2. The molecule has 10 heteroatoms. The highest BCUT2D eigenvalue weighted by atomic mass is 32.2. The Kier molecular flexibility index (Phi) is 7.52. The maximum absolute atomic E-state index is 11.8. The predicted octanol–water partition coefficient (Wildman–Crippen LogP) is 4.73. The summed E-state index contributed by atoms with van der Waals surface area (Å²) in [6, 6.07) is 16.2. The van der Waals surface area contributed by atoms with E-state index in [4.69, 9.17) is 4.98 Å². The van der Waals surface area contributed by atoms with Crippen LogP contribution in [-0.4, -0.2) is 50.7 Å². The lowest BCUT2D eigenvalue weighted by Gasteiger charge is -2.32. The number of carbonyl (C=O) groups is 2. The first-order valence-electron chi connectivity index (χ1n) is 13.4. The van der Waals surface area contributed by atoms with Gasteiger partial charge in [0.1, 0.15) is 0 Å². The Bertz CT molecular complexity index is 1610. The summed E-state index contributed by atoms with van der Waals surface area (Å²) in [5.41, 5.74) is 5.88. The lowest BCUT2D eigenvalue weighted by Crippen LogP contribution is -2.38. The molecule has 40 heavy (non-hydrogen) atoms. The largest absolute Gasteiger partial charge is 0.341 e. The van der Waals surface area contributed by atoms with Crippen LogP contribution in [0.5, 0.6) is 0 Å². The van der Waals surface area contributed by atoms with Crippen LogP contribution in [0.15, 0.2) is 65.8 Å². The van der Waals surface area contributed by atoms with Crippen molar-refractivity contribution < 1.29 is 9.59 Å². The first-order valence-corrected chi connectivity index (χ1v) is 14.2. The highest BCUT2D eigenvalue weighted by Crippen LogP contribution is 2.28. The van der Waals surface area contributed by atoms with E-state index in [1.807, 2.05) is 30.5 Å². The van der Waals surface area contributed by atoms with Crippen LogP contribution in [0.4, 0.5) is 10.7 Å². The van der Waals surface area contributed by atoms with E-state index in [1.165, 1.54) is 5.56 Å². The minimum atomic E-state index is -0.383. The molecule has 4 aromatic rings. The van der Waals surface area contributed by atoms with Crippen molar-refractivity contribution in [1.29, 1.82) is 0 Å². The normalized spacial score (nSPS) is 17.1. The molecule has 2 amide bonds. The molecule has 202 valence electrons. The number of benzene rings is 1. The zero-order chi connectivity index (χ0) is 27.5. The molecular weight excluding hydrogens is 522 g/mol. The van der Waals surface area contributed by atoms with Gasteiger partial charge in [0.25, 0.3) is 11.1 Å². The number of thioether (sulfide) groups is 1. The van der Waals surface area contributed by atoms with E-state index in [2.05, 4.69) is 55.6 Å². The SMILES string of the molecule is Cc1cc(CNCC2CCN(c3nccc(/C=C4\SC(=O)NC4=O)n3)CC2)nc(-c2ccnc3ccccc23)c1. The summed E-state index contributed by atoms with van der Waals surface area (Å²) in [7, 11) is 0. The molecule has 1 aromatic carbocycles. The smallest absolute Gasteiger partial charge is 0.290 e. The van der Waals surface area contributed by atoms with Gasteiger partial charge in [-0.3, -0.25) is 24.9 Å². The van der Waals surface area contributed by atoms with Crippen LogP contribution in [-0.2, 0) is 11.3 Å². The van der Waals surface area contributed by atoms with Crippen molar-refractivity contribution >= 4 is 45.8 Å². The summed E-state index contributed by atoms with van der Waals surface area (Å²) >= 11 is 0.890. The topological polar surface area (TPSA) is 113 Å². The highest BCUT2D eigenvalue weighted by Gasteiger charge is 2.26. The van der Waals surface area contributed by atoms with Crippen LogP contribution in [0.2, 0.25) is 0 Å². The van der Waals surface area contributed by atoms with E-state index >= 15 is 0 Å². The van der Waals surface area contributed by atoms with Crippen molar-refractivity contribution in [2.24, 2.45) is 5.92 Å². The summed E-state index contributed by atoms with van der Waals surface area (Å²) < 4.78 is 0. The molecule has 9 nitrogen and oxygen atoms in total. The van der Waals surface area contributed by atoms with Gasteiger partial charge in [-0.25, -0.2) is 9.97 Å². The number of anilines is 1. The van der Waals surface area contributed by atoms with Crippen LogP contribution in [0.25, 0.3) is 28.2 Å². The van der Waals surface area contributed by atoms with Crippen LogP contribution in [0, 0.1) is 12.8 Å². The number of para-hydroxylation sites is 1. The van der Waals surface area contributed by atoms with Gasteiger partial charge in [-0.15, -0.1) is 0 Å². The molecule has 5 heterocycles. The minimum absolute atomic E-state index is 0.351. The van der Waals surface area contributed by atoms with E-state index in [-0.39, 0.29) is 11.1 Å². The number of aromatic nitrogens is 4. The molecule has 0 spiro atoms. The third-order valence-electron chi connectivity index (χ3n) is 7.17. The number of hydrogen-bond acceptors (Lipinski definition) is 9. The number of fused-ring (bicyclic) bond motifs is 1. The lowest BCUT2D eigenvalue weighted by atomic mass is 9.97. The van der Waals surface area contributed by atoms with Crippen molar-refractivity contribution in [2.45, 2.75) is 26.3 Å². The molecule has 2 saturated heterocycles. The Labute approximate surface area is 236 Å². The fraction of sp³-hybridized carbons (Fsp3) is 0.267. The molecule has 0 radical (unpaired) electrons. The Morgan fingerprint density at radius 2 is 1.88 bits per heavy atom. The number of aryl methyl sites for hydroxylation is 1. The molecule has 2 fully saturated rings. The van der Waals surface area contributed by atoms with Gasteiger partial charge < -0.3 is 10.2 Å².